The molecule has 0 spiro atoms. The van der Waals surface area contributed by atoms with Crippen molar-refractivity contribution in [2.45, 2.75) is 30.6 Å². The van der Waals surface area contributed by atoms with Gasteiger partial charge in [-0.15, -0.1) is 15.7 Å². The van der Waals surface area contributed by atoms with Gasteiger partial charge in [-0.2, -0.15) is 0 Å². The van der Waals surface area contributed by atoms with E-state index in [4.69, 9.17) is 4.74 Å². The quantitative estimate of drug-likeness (QED) is 0.677. The Labute approximate surface area is 187 Å². The Morgan fingerprint density at radius 1 is 1.23 bits per heavy atom. The van der Waals surface area contributed by atoms with Crippen molar-refractivity contribution in [1.82, 2.24) is 0 Å². The van der Waals surface area contributed by atoms with E-state index in [9.17, 15) is 18.0 Å². The van der Waals surface area contributed by atoms with Crippen molar-refractivity contribution >= 4 is 60.9 Å². The summed E-state index contributed by atoms with van der Waals surface area (Å²) in [5, 5.41) is 3.83. The number of nitrogens with zero attached hydrogens (tertiary/aromatic N) is 2. The fourth-order valence-electron chi connectivity index (χ4n) is 4.02. The average Bonchev–Trinajstić information content (AvgIpc) is 3.28. The van der Waals surface area contributed by atoms with Crippen LogP contribution >= 0.6 is 23.1 Å². The number of thiophene rings is 1. The van der Waals surface area contributed by atoms with Gasteiger partial charge in [0.05, 0.1) is 24.1 Å². The third-order valence-corrected chi connectivity index (χ3v) is 9.04. The zero-order chi connectivity index (χ0) is 21.8. The summed E-state index contributed by atoms with van der Waals surface area (Å²) in [6.45, 7) is 0.343. The van der Waals surface area contributed by atoms with Crippen LogP contribution in [0.1, 0.15) is 44.0 Å². The first-order valence-corrected chi connectivity index (χ1v) is 13.1. The van der Waals surface area contributed by atoms with Gasteiger partial charge in [-0.05, 0) is 61.2 Å². The van der Waals surface area contributed by atoms with Gasteiger partial charge in [-0.3, -0.25) is 4.79 Å². The Bertz CT molecular complexity index is 1250. The summed E-state index contributed by atoms with van der Waals surface area (Å²) in [6.07, 6.45) is 3.79. The highest BCUT2D eigenvalue weighted by Gasteiger charge is 2.34. The molecule has 1 N–H and O–H groups in total. The van der Waals surface area contributed by atoms with Gasteiger partial charge in [0.1, 0.15) is 5.00 Å². The van der Waals surface area contributed by atoms with E-state index in [1.807, 2.05) is 4.90 Å². The minimum Gasteiger partial charge on any atom is -0.465 e. The van der Waals surface area contributed by atoms with Crippen LogP contribution in [0, 0.1) is 0 Å². The van der Waals surface area contributed by atoms with Gasteiger partial charge in [0.25, 0.3) is 15.9 Å². The number of nitrogens with one attached hydrogen (secondary N) is 1. The Balaban J connectivity index is 1.44. The lowest BCUT2D eigenvalue weighted by molar-refractivity contribution is 0.0601. The molecule has 31 heavy (non-hydrogen) atoms. The second kappa shape index (κ2) is 7.64. The van der Waals surface area contributed by atoms with Crippen molar-refractivity contribution < 1.29 is 22.7 Å². The molecule has 5 rings (SSSR count). The predicted molar refractivity (Wildman–Crippen MR) is 121 cm³/mol. The molecule has 1 aliphatic carbocycles. The Hall–Kier alpha value is -2.37. The largest absolute Gasteiger partial charge is 0.465 e. The van der Waals surface area contributed by atoms with Crippen LogP contribution in [0.15, 0.2) is 27.5 Å². The van der Waals surface area contributed by atoms with E-state index in [1.165, 1.54) is 30.2 Å². The van der Waals surface area contributed by atoms with Gasteiger partial charge >= 0.3 is 5.97 Å². The van der Waals surface area contributed by atoms with E-state index in [0.717, 1.165) is 46.7 Å². The number of amides is 1. The molecule has 0 saturated carbocycles. The standard InChI is InChI=1S/C20H19N3O5S3/c1-28-19(25)16-12-4-2-3-5-14(12)29-18(16)21-17(24)11-6-7-13-15(10-11)30-20-22-31(26,27)9-8-23(13)20/h6-7,10H,2-5,8-9H2,1H3,(H,21,24). The summed E-state index contributed by atoms with van der Waals surface area (Å²) < 4.78 is 32.4. The lowest BCUT2D eigenvalue weighted by atomic mass is 9.95. The molecule has 0 bridgehead atoms. The molecule has 162 valence electrons. The average molecular weight is 478 g/mol. The summed E-state index contributed by atoms with van der Waals surface area (Å²) >= 11 is 2.68. The monoisotopic (exact) mass is 477 g/mol. The van der Waals surface area contributed by atoms with Gasteiger partial charge < -0.3 is 15.0 Å². The number of amidine groups is 1. The molecule has 2 aliphatic heterocycles. The Morgan fingerprint density at radius 3 is 2.84 bits per heavy atom. The van der Waals surface area contributed by atoms with E-state index in [2.05, 4.69) is 9.71 Å². The van der Waals surface area contributed by atoms with Gasteiger partial charge in [0.15, 0.2) is 5.17 Å². The Morgan fingerprint density at radius 2 is 2.03 bits per heavy atom. The molecule has 3 aliphatic rings. The van der Waals surface area contributed by atoms with Crippen molar-refractivity contribution in [3.05, 3.63) is 39.8 Å². The lowest BCUT2D eigenvalue weighted by Gasteiger charge is -2.22. The maximum atomic E-state index is 13.0. The first kappa shape index (κ1) is 20.5. The number of carbonyl (C=O) groups is 2. The summed E-state index contributed by atoms with van der Waals surface area (Å²) in [6, 6.07) is 5.23. The number of carbonyl (C=O) groups excluding carboxylic acids is 2. The smallest absolute Gasteiger partial charge is 0.341 e. The van der Waals surface area contributed by atoms with E-state index >= 15 is 0 Å². The summed E-state index contributed by atoms with van der Waals surface area (Å²) in [5.74, 6) is -0.792. The van der Waals surface area contributed by atoms with E-state index in [1.54, 1.807) is 18.2 Å². The molecule has 0 atom stereocenters. The first-order valence-electron chi connectivity index (χ1n) is 9.82. The van der Waals surface area contributed by atoms with Crippen LogP contribution in [-0.2, 0) is 27.6 Å². The number of anilines is 2. The third-order valence-electron chi connectivity index (χ3n) is 5.52. The maximum absolute atomic E-state index is 13.0. The molecule has 0 saturated heterocycles. The second-order valence-corrected chi connectivity index (χ2v) is 11.3. The van der Waals surface area contributed by atoms with Crippen molar-refractivity contribution in [2.24, 2.45) is 4.40 Å². The maximum Gasteiger partial charge on any atom is 0.341 e. The molecule has 1 amide bonds. The molecule has 0 unspecified atom stereocenters. The number of hydrogen-bond acceptors (Lipinski definition) is 8. The minimum absolute atomic E-state index is 0.0297. The van der Waals surface area contributed by atoms with Gasteiger partial charge in [0, 0.05) is 21.9 Å². The number of benzene rings is 1. The molecule has 2 aromatic rings. The topological polar surface area (TPSA) is 105 Å². The van der Waals surface area contributed by atoms with Crippen molar-refractivity contribution in [3.8, 4) is 0 Å². The fourth-order valence-corrected chi connectivity index (χ4v) is 7.59. The van der Waals surface area contributed by atoms with Gasteiger partial charge in [-0.1, -0.05) is 0 Å². The molecule has 1 aromatic carbocycles. The number of aryl methyl sites for hydroxylation is 1. The second-order valence-electron chi connectivity index (χ2n) is 7.46. The van der Waals surface area contributed by atoms with E-state index in [0.29, 0.717) is 27.8 Å². The van der Waals surface area contributed by atoms with Crippen LogP contribution in [0.25, 0.3) is 0 Å². The highest BCUT2D eigenvalue weighted by Crippen LogP contribution is 2.43. The van der Waals surface area contributed by atoms with Crippen LogP contribution in [0.2, 0.25) is 0 Å². The molecule has 11 heteroatoms. The van der Waals surface area contributed by atoms with Crippen molar-refractivity contribution in [1.29, 1.82) is 0 Å². The van der Waals surface area contributed by atoms with Crippen LogP contribution in [0.5, 0.6) is 0 Å². The van der Waals surface area contributed by atoms with Gasteiger partial charge in [-0.25, -0.2) is 13.2 Å². The number of ether oxygens (including phenoxy) is 1. The number of sulfonamides is 1. The first-order chi connectivity index (χ1) is 14.9. The SMILES string of the molecule is COC(=O)c1c(NC(=O)c2ccc3c(c2)SC2=NS(=O)(=O)CCN23)sc2c1CCCC2. The number of fused-ring (bicyclic) bond motifs is 4. The zero-order valence-corrected chi connectivity index (χ0v) is 19.1. The normalized spacial score (nSPS) is 18.5. The Kier molecular flexibility index (Phi) is 5.06. The molecule has 1 aromatic heterocycles. The molecule has 3 heterocycles. The molecular weight excluding hydrogens is 458 g/mol. The third kappa shape index (κ3) is 3.64. The summed E-state index contributed by atoms with van der Waals surface area (Å²) in [7, 11) is -2.09. The fraction of sp³-hybridized carbons (Fsp3) is 0.350. The van der Waals surface area contributed by atoms with Crippen LogP contribution < -0.4 is 10.2 Å². The van der Waals surface area contributed by atoms with Crippen LogP contribution in [0.3, 0.4) is 0 Å². The molecule has 0 fully saturated rings. The molecular formula is C20H19N3O5S3. The van der Waals surface area contributed by atoms with E-state index in [-0.39, 0.29) is 11.7 Å². The number of methoxy groups -OCH3 is 1. The van der Waals surface area contributed by atoms with Crippen LogP contribution in [-0.4, -0.2) is 44.9 Å². The summed E-state index contributed by atoms with van der Waals surface area (Å²) in [5.41, 5.74) is 2.72. The highest BCUT2D eigenvalue weighted by atomic mass is 32.2. The van der Waals surface area contributed by atoms with E-state index < -0.39 is 16.0 Å². The number of rotatable bonds is 3. The summed E-state index contributed by atoms with van der Waals surface area (Å²) in [4.78, 5) is 29.2. The van der Waals surface area contributed by atoms with Crippen molar-refractivity contribution in [3.63, 3.8) is 0 Å². The lowest BCUT2D eigenvalue weighted by Crippen LogP contribution is -2.35. The zero-order valence-electron chi connectivity index (χ0n) is 16.6. The van der Waals surface area contributed by atoms with Crippen molar-refractivity contribution in [2.75, 3.05) is 29.6 Å². The number of thioether (sulfide) groups is 1. The van der Waals surface area contributed by atoms with Gasteiger partial charge in [0.2, 0.25) is 0 Å². The molecule has 0 radical (unpaired) electrons. The number of esters is 1. The molecule has 8 nitrogen and oxygen atoms in total. The number of hydrogen-bond donors (Lipinski definition) is 1. The predicted octanol–water partition coefficient (Wildman–Crippen LogP) is 3.28. The van der Waals surface area contributed by atoms with Crippen LogP contribution in [0.4, 0.5) is 10.7 Å². The minimum atomic E-state index is -3.44. The highest BCUT2D eigenvalue weighted by molar-refractivity contribution is 8.15.